The van der Waals surface area contributed by atoms with E-state index >= 15 is 0 Å². The molecule has 0 saturated carbocycles. The van der Waals surface area contributed by atoms with Crippen molar-refractivity contribution >= 4 is 44.8 Å². The molecule has 0 aliphatic carbocycles. The quantitative estimate of drug-likeness (QED) is 0.324. The van der Waals surface area contributed by atoms with Gasteiger partial charge >= 0.3 is 6.03 Å². The van der Waals surface area contributed by atoms with E-state index in [1.54, 1.807) is 37.3 Å². The van der Waals surface area contributed by atoms with Crippen molar-refractivity contribution in [1.29, 1.82) is 0 Å². The molecule has 0 radical (unpaired) electrons. The summed E-state index contributed by atoms with van der Waals surface area (Å²) in [5, 5.41) is 6.28. The maximum atomic E-state index is 12.9. The molecule has 0 bridgehead atoms. The number of carbonyl (C=O) groups is 1. The van der Waals surface area contributed by atoms with E-state index in [0.29, 0.717) is 33.3 Å². The number of nitrogens with two attached hydrogens (primary N) is 1. The van der Waals surface area contributed by atoms with Crippen LogP contribution in [-0.4, -0.2) is 20.0 Å². The van der Waals surface area contributed by atoms with Crippen molar-refractivity contribution in [3.05, 3.63) is 93.5 Å². The van der Waals surface area contributed by atoms with Gasteiger partial charge in [-0.2, -0.15) is 0 Å². The number of benzene rings is 3. The Morgan fingerprint density at radius 3 is 2.17 bits per heavy atom. The van der Waals surface area contributed by atoms with Gasteiger partial charge in [0.15, 0.2) is 9.84 Å². The van der Waals surface area contributed by atoms with E-state index in [0.717, 1.165) is 5.56 Å². The third-order valence-corrected chi connectivity index (χ3v) is 7.84. The van der Waals surface area contributed by atoms with E-state index in [-0.39, 0.29) is 22.2 Å². The van der Waals surface area contributed by atoms with Crippen LogP contribution in [0.2, 0.25) is 10.0 Å². The van der Waals surface area contributed by atoms with Gasteiger partial charge in [-0.15, -0.1) is 0 Å². The summed E-state index contributed by atoms with van der Waals surface area (Å²) in [7, 11) is -3.55. The summed E-state index contributed by atoms with van der Waals surface area (Å²) in [4.78, 5) is 12.6. The molecule has 3 rings (SSSR count). The monoisotopic (exact) mass is 533 g/mol. The van der Waals surface area contributed by atoms with Crippen LogP contribution in [0.4, 0.5) is 10.5 Å². The molecule has 186 valence electrons. The fourth-order valence-electron chi connectivity index (χ4n) is 3.62. The molecule has 0 aromatic heterocycles. The zero-order chi connectivity index (χ0) is 25.8. The van der Waals surface area contributed by atoms with E-state index in [4.69, 9.17) is 28.9 Å². The first kappa shape index (κ1) is 27.0. The van der Waals surface area contributed by atoms with Crippen LogP contribution in [0.3, 0.4) is 0 Å². The lowest BCUT2D eigenvalue weighted by molar-refractivity contribution is 0.249. The Morgan fingerprint density at radius 1 is 0.971 bits per heavy atom. The summed E-state index contributed by atoms with van der Waals surface area (Å²) < 4.78 is 25.7. The van der Waals surface area contributed by atoms with E-state index in [2.05, 4.69) is 10.6 Å². The van der Waals surface area contributed by atoms with Gasteiger partial charge in [0.25, 0.3) is 0 Å². The van der Waals surface area contributed by atoms with Crippen molar-refractivity contribution in [2.45, 2.75) is 49.4 Å². The summed E-state index contributed by atoms with van der Waals surface area (Å²) in [6, 6.07) is 17.9. The molecule has 35 heavy (non-hydrogen) atoms. The number of amides is 2. The number of hydrogen-bond donors (Lipinski definition) is 3. The minimum Gasteiger partial charge on any atom is -0.331 e. The summed E-state index contributed by atoms with van der Waals surface area (Å²) in [6.45, 7) is 5.68. The van der Waals surface area contributed by atoms with E-state index < -0.39 is 15.9 Å². The molecule has 6 nitrogen and oxygen atoms in total. The normalized spacial score (nSPS) is 12.7. The average Bonchev–Trinajstić information content (AvgIpc) is 2.76. The van der Waals surface area contributed by atoms with Gasteiger partial charge in [-0.05, 0) is 74.2 Å². The Balaban J connectivity index is 1.61. The van der Waals surface area contributed by atoms with Crippen LogP contribution in [0.25, 0.3) is 0 Å². The van der Waals surface area contributed by atoms with Crippen molar-refractivity contribution < 1.29 is 13.2 Å². The van der Waals surface area contributed by atoms with Crippen molar-refractivity contribution in [1.82, 2.24) is 5.32 Å². The second-order valence-electron chi connectivity index (χ2n) is 9.23. The predicted octanol–water partition coefficient (Wildman–Crippen LogP) is 6.13. The van der Waals surface area contributed by atoms with Gasteiger partial charge in [0, 0.05) is 11.2 Å². The van der Waals surface area contributed by atoms with Crippen LogP contribution in [0, 0.1) is 0 Å². The first-order chi connectivity index (χ1) is 16.3. The molecule has 0 saturated heterocycles. The molecule has 0 spiro atoms. The van der Waals surface area contributed by atoms with Crippen LogP contribution in [-0.2, 0) is 22.0 Å². The molecule has 9 heteroatoms. The fourth-order valence-corrected chi connectivity index (χ4v) is 5.44. The fraction of sp³-hybridized carbons (Fsp3) is 0.269. The topological polar surface area (TPSA) is 101 Å². The van der Waals surface area contributed by atoms with Gasteiger partial charge in [-0.3, -0.25) is 0 Å². The number of carbonyl (C=O) groups excluding carboxylic acids is 1. The highest BCUT2D eigenvalue weighted by Gasteiger charge is 2.18. The van der Waals surface area contributed by atoms with Crippen LogP contribution in [0.5, 0.6) is 0 Å². The van der Waals surface area contributed by atoms with Crippen molar-refractivity contribution in [2.75, 3.05) is 5.32 Å². The Hall–Kier alpha value is -2.58. The largest absolute Gasteiger partial charge is 0.331 e. The lowest BCUT2D eigenvalue weighted by Gasteiger charge is -2.18. The highest BCUT2D eigenvalue weighted by Crippen LogP contribution is 2.29. The Kier molecular flexibility index (Phi) is 8.49. The minimum absolute atomic E-state index is 0.121. The van der Waals surface area contributed by atoms with Crippen molar-refractivity contribution in [3.63, 3.8) is 0 Å². The first-order valence-corrected chi connectivity index (χ1v) is 13.5. The first-order valence-electron chi connectivity index (χ1n) is 11.0. The highest BCUT2D eigenvalue weighted by molar-refractivity contribution is 7.90. The van der Waals surface area contributed by atoms with Gasteiger partial charge in [0.1, 0.15) is 0 Å². The summed E-state index contributed by atoms with van der Waals surface area (Å²) in [5.74, 6) is -0.121. The second-order valence-corrected chi connectivity index (χ2v) is 12.0. The number of halogens is 2. The zero-order valence-corrected chi connectivity index (χ0v) is 22.1. The van der Waals surface area contributed by atoms with Gasteiger partial charge < -0.3 is 16.4 Å². The number of anilines is 1. The van der Waals surface area contributed by atoms with Gasteiger partial charge in [-0.1, -0.05) is 59.6 Å². The average molecular weight is 535 g/mol. The molecule has 2 amide bonds. The maximum absolute atomic E-state index is 12.9. The minimum atomic E-state index is -3.55. The molecule has 0 aliphatic rings. The lowest BCUT2D eigenvalue weighted by atomic mass is 9.96. The molecule has 0 heterocycles. The van der Waals surface area contributed by atoms with E-state index in [9.17, 15) is 13.2 Å². The lowest BCUT2D eigenvalue weighted by Crippen LogP contribution is -2.34. The molecular formula is C26H29Cl2N3O3S. The summed E-state index contributed by atoms with van der Waals surface area (Å²) >= 11 is 12.3. The van der Waals surface area contributed by atoms with Gasteiger partial charge in [0.05, 0.1) is 26.7 Å². The van der Waals surface area contributed by atoms with Crippen LogP contribution < -0.4 is 16.4 Å². The van der Waals surface area contributed by atoms with Gasteiger partial charge in [-0.25, -0.2) is 13.2 Å². The third-order valence-electron chi connectivity index (χ3n) is 5.31. The second kappa shape index (κ2) is 11.0. The standard InChI is InChI=1S/C26H29Cl2N3O3S/c1-17(22-5-4-6-23(27)24(22)28)30-25(32)31-20-11-13-21(14-12-20)35(33,34)16-19-9-7-18(8-10-19)15-26(2,3)29/h4-14,17H,15-16,29H2,1-3H3,(H2,30,31,32). The number of urea groups is 1. The molecule has 3 aromatic carbocycles. The Bertz CT molecular complexity index is 1290. The maximum Gasteiger partial charge on any atom is 0.319 e. The Morgan fingerprint density at radius 2 is 1.57 bits per heavy atom. The van der Waals surface area contributed by atoms with Crippen molar-refractivity contribution in [2.24, 2.45) is 5.73 Å². The number of nitrogens with one attached hydrogen (secondary N) is 2. The van der Waals surface area contributed by atoms with Gasteiger partial charge in [0.2, 0.25) is 0 Å². The number of sulfone groups is 1. The van der Waals surface area contributed by atoms with E-state index in [1.165, 1.54) is 12.1 Å². The van der Waals surface area contributed by atoms with Crippen LogP contribution in [0.15, 0.2) is 71.6 Å². The van der Waals surface area contributed by atoms with Crippen molar-refractivity contribution in [3.8, 4) is 0 Å². The number of hydrogen-bond acceptors (Lipinski definition) is 4. The molecule has 0 fully saturated rings. The molecular weight excluding hydrogens is 505 g/mol. The molecule has 0 aliphatic heterocycles. The molecule has 1 unspecified atom stereocenters. The SMILES string of the molecule is CC(NC(=O)Nc1ccc(S(=O)(=O)Cc2ccc(CC(C)(C)N)cc2)cc1)c1cccc(Cl)c1Cl. The molecule has 4 N–H and O–H groups in total. The molecule has 3 aromatic rings. The van der Waals surface area contributed by atoms with Crippen LogP contribution in [0.1, 0.15) is 43.5 Å². The molecule has 1 atom stereocenters. The highest BCUT2D eigenvalue weighted by atomic mass is 35.5. The third kappa shape index (κ3) is 7.70. The van der Waals surface area contributed by atoms with Crippen LogP contribution >= 0.6 is 23.2 Å². The summed E-state index contributed by atoms with van der Waals surface area (Å²) in [6.07, 6.45) is 0.701. The number of rotatable bonds is 8. The smallest absolute Gasteiger partial charge is 0.319 e. The summed E-state index contributed by atoms with van der Waals surface area (Å²) in [5.41, 5.74) is 8.61. The zero-order valence-electron chi connectivity index (χ0n) is 19.8. The predicted molar refractivity (Wildman–Crippen MR) is 143 cm³/mol. The van der Waals surface area contributed by atoms with E-state index in [1.807, 2.05) is 38.1 Å². The Labute approximate surface area is 216 Å².